The summed E-state index contributed by atoms with van der Waals surface area (Å²) >= 11 is 0. The van der Waals surface area contributed by atoms with Gasteiger partial charge in [-0.05, 0) is 30.3 Å². The predicted molar refractivity (Wildman–Crippen MR) is 67.8 cm³/mol. The van der Waals surface area contributed by atoms with Gasteiger partial charge < -0.3 is 9.73 Å². The Morgan fingerprint density at radius 1 is 1.12 bits per heavy atom. The van der Waals surface area contributed by atoms with Crippen LogP contribution in [-0.2, 0) is 6.54 Å². The Morgan fingerprint density at radius 2 is 2.12 bits per heavy atom. The van der Waals surface area contributed by atoms with Gasteiger partial charge in [-0.25, -0.2) is 0 Å². The average Bonchev–Trinajstić information content (AvgIpc) is 2.89. The smallest absolute Gasteiger partial charge is 0.0952 e. The first-order chi connectivity index (χ1) is 8.43. The molecule has 0 spiro atoms. The van der Waals surface area contributed by atoms with Gasteiger partial charge in [0.1, 0.15) is 0 Å². The maximum Gasteiger partial charge on any atom is 0.0952 e. The first-order valence-corrected chi connectivity index (χ1v) is 5.52. The molecule has 84 valence electrons. The number of hydrogen-bond donors (Lipinski definition) is 1. The van der Waals surface area contributed by atoms with E-state index >= 15 is 0 Å². The van der Waals surface area contributed by atoms with Crippen LogP contribution in [0.4, 0.5) is 5.69 Å². The van der Waals surface area contributed by atoms with Crippen LogP contribution >= 0.6 is 0 Å². The number of aromatic nitrogens is 1. The van der Waals surface area contributed by atoms with Gasteiger partial charge in [0.15, 0.2) is 0 Å². The molecule has 0 aliphatic carbocycles. The number of hydrogen-bond acceptors (Lipinski definition) is 3. The molecule has 3 aromatic rings. The van der Waals surface area contributed by atoms with Gasteiger partial charge in [-0.3, -0.25) is 4.98 Å². The number of benzene rings is 1. The second kappa shape index (κ2) is 4.29. The number of anilines is 1. The molecular formula is C14H12N2O. The van der Waals surface area contributed by atoms with Crippen molar-refractivity contribution >= 4 is 16.6 Å². The molecule has 0 fully saturated rings. The molecule has 2 aromatic heterocycles. The zero-order valence-electron chi connectivity index (χ0n) is 9.26. The molecule has 3 nitrogen and oxygen atoms in total. The van der Waals surface area contributed by atoms with Crippen LogP contribution in [-0.4, -0.2) is 4.98 Å². The summed E-state index contributed by atoms with van der Waals surface area (Å²) in [7, 11) is 0. The standard InChI is InChI=1S/C14H12N2O/c1-4-13-12(3-2-7-15-13)14(5-1)16-9-11-6-8-17-10-11/h1-8,10,16H,9H2. The molecule has 1 aromatic carbocycles. The summed E-state index contributed by atoms with van der Waals surface area (Å²) in [6, 6.07) is 12.1. The minimum atomic E-state index is 0.754. The van der Waals surface area contributed by atoms with Gasteiger partial charge in [0, 0.05) is 29.4 Å². The van der Waals surface area contributed by atoms with E-state index in [0.717, 1.165) is 28.7 Å². The van der Waals surface area contributed by atoms with Crippen LogP contribution in [0.15, 0.2) is 59.5 Å². The van der Waals surface area contributed by atoms with Gasteiger partial charge in [-0.15, -0.1) is 0 Å². The van der Waals surface area contributed by atoms with E-state index in [4.69, 9.17) is 4.42 Å². The van der Waals surface area contributed by atoms with Gasteiger partial charge in [-0.1, -0.05) is 6.07 Å². The quantitative estimate of drug-likeness (QED) is 0.740. The fraction of sp³-hybridized carbons (Fsp3) is 0.0714. The molecule has 0 aliphatic heterocycles. The summed E-state index contributed by atoms with van der Waals surface area (Å²) in [4.78, 5) is 4.33. The zero-order chi connectivity index (χ0) is 11.5. The number of fused-ring (bicyclic) bond motifs is 1. The van der Waals surface area contributed by atoms with Crippen LogP contribution in [0.5, 0.6) is 0 Å². The lowest BCUT2D eigenvalue weighted by Gasteiger charge is -2.07. The molecule has 0 saturated heterocycles. The minimum absolute atomic E-state index is 0.754. The second-order valence-electron chi connectivity index (χ2n) is 3.86. The first-order valence-electron chi connectivity index (χ1n) is 5.52. The Bertz CT molecular complexity index is 612. The molecule has 3 heteroatoms. The molecule has 0 amide bonds. The molecular weight excluding hydrogens is 212 g/mol. The van der Waals surface area contributed by atoms with Crippen molar-refractivity contribution in [1.29, 1.82) is 0 Å². The molecule has 3 rings (SSSR count). The largest absolute Gasteiger partial charge is 0.472 e. The highest BCUT2D eigenvalue weighted by molar-refractivity contribution is 5.91. The molecule has 1 N–H and O–H groups in total. The molecule has 0 aliphatic rings. The molecule has 2 heterocycles. The van der Waals surface area contributed by atoms with Crippen LogP contribution in [0, 0.1) is 0 Å². The third-order valence-corrected chi connectivity index (χ3v) is 2.71. The van der Waals surface area contributed by atoms with Crippen LogP contribution in [0.2, 0.25) is 0 Å². The van der Waals surface area contributed by atoms with Crippen molar-refractivity contribution in [3.63, 3.8) is 0 Å². The number of nitrogens with zero attached hydrogens (tertiary/aromatic N) is 1. The zero-order valence-corrected chi connectivity index (χ0v) is 9.26. The van der Waals surface area contributed by atoms with Crippen LogP contribution in [0.1, 0.15) is 5.56 Å². The maximum absolute atomic E-state index is 5.04. The highest BCUT2D eigenvalue weighted by Crippen LogP contribution is 2.21. The molecule has 0 saturated carbocycles. The highest BCUT2D eigenvalue weighted by Gasteiger charge is 2.00. The van der Waals surface area contributed by atoms with E-state index in [1.807, 2.05) is 30.5 Å². The van der Waals surface area contributed by atoms with Crippen LogP contribution < -0.4 is 5.32 Å². The lowest BCUT2D eigenvalue weighted by molar-refractivity contribution is 0.564. The number of pyridine rings is 1. The van der Waals surface area contributed by atoms with E-state index in [2.05, 4.69) is 22.4 Å². The normalized spacial score (nSPS) is 10.6. The Morgan fingerprint density at radius 3 is 3.00 bits per heavy atom. The first kappa shape index (κ1) is 9.90. The van der Waals surface area contributed by atoms with Crippen molar-refractivity contribution < 1.29 is 4.42 Å². The third kappa shape index (κ3) is 1.99. The van der Waals surface area contributed by atoms with Crippen LogP contribution in [0.3, 0.4) is 0 Å². The van der Waals surface area contributed by atoms with Gasteiger partial charge in [0.25, 0.3) is 0 Å². The molecule has 0 radical (unpaired) electrons. The van der Waals surface area contributed by atoms with Crippen molar-refractivity contribution in [1.82, 2.24) is 4.98 Å². The second-order valence-corrected chi connectivity index (χ2v) is 3.86. The van der Waals surface area contributed by atoms with Gasteiger partial charge in [-0.2, -0.15) is 0 Å². The lowest BCUT2D eigenvalue weighted by atomic mass is 10.2. The fourth-order valence-electron chi connectivity index (χ4n) is 1.85. The average molecular weight is 224 g/mol. The summed E-state index contributed by atoms with van der Waals surface area (Å²) in [5.41, 5.74) is 3.23. The number of nitrogens with one attached hydrogen (secondary N) is 1. The Kier molecular flexibility index (Phi) is 2.50. The van der Waals surface area contributed by atoms with Crippen molar-refractivity contribution in [2.75, 3.05) is 5.32 Å². The Labute approximate surface area is 99.1 Å². The van der Waals surface area contributed by atoms with E-state index in [-0.39, 0.29) is 0 Å². The molecule has 0 bridgehead atoms. The molecule has 17 heavy (non-hydrogen) atoms. The highest BCUT2D eigenvalue weighted by atomic mass is 16.3. The summed E-state index contributed by atoms with van der Waals surface area (Å²) in [5.74, 6) is 0. The van der Waals surface area contributed by atoms with Crippen LogP contribution in [0.25, 0.3) is 10.9 Å². The van der Waals surface area contributed by atoms with Crippen molar-refractivity contribution in [3.05, 3.63) is 60.7 Å². The van der Waals surface area contributed by atoms with E-state index < -0.39 is 0 Å². The summed E-state index contributed by atoms with van der Waals surface area (Å²) in [5, 5.41) is 4.53. The Balaban J connectivity index is 1.90. The molecule has 0 unspecified atom stereocenters. The number of rotatable bonds is 3. The number of furan rings is 1. The van der Waals surface area contributed by atoms with Gasteiger partial charge in [0.2, 0.25) is 0 Å². The summed E-state index contributed by atoms with van der Waals surface area (Å²) in [6.07, 6.45) is 5.24. The SMILES string of the molecule is c1cc(NCc2ccoc2)c2cccnc2c1. The Hall–Kier alpha value is -2.29. The van der Waals surface area contributed by atoms with E-state index in [1.165, 1.54) is 0 Å². The summed E-state index contributed by atoms with van der Waals surface area (Å²) in [6.45, 7) is 0.754. The van der Waals surface area contributed by atoms with E-state index in [0.29, 0.717) is 0 Å². The van der Waals surface area contributed by atoms with E-state index in [9.17, 15) is 0 Å². The van der Waals surface area contributed by atoms with Crippen molar-refractivity contribution in [2.24, 2.45) is 0 Å². The third-order valence-electron chi connectivity index (χ3n) is 2.71. The van der Waals surface area contributed by atoms with Gasteiger partial charge in [0.05, 0.1) is 18.0 Å². The summed E-state index contributed by atoms with van der Waals surface area (Å²) < 4.78 is 5.04. The van der Waals surface area contributed by atoms with Crippen molar-refractivity contribution in [2.45, 2.75) is 6.54 Å². The maximum atomic E-state index is 5.04. The monoisotopic (exact) mass is 224 g/mol. The topological polar surface area (TPSA) is 38.1 Å². The lowest BCUT2D eigenvalue weighted by Crippen LogP contribution is -1.98. The predicted octanol–water partition coefficient (Wildman–Crippen LogP) is 3.44. The van der Waals surface area contributed by atoms with Crippen molar-refractivity contribution in [3.8, 4) is 0 Å². The van der Waals surface area contributed by atoms with E-state index in [1.54, 1.807) is 12.5 Å². The van der Waals surface area contributed by atoms with Gasteiger partial charge >= 0.3 is 0 Å². The molecule has 0 atom stereocenters. The fourth-order valence-corrected chi connectivity index (χ4v) is 1.85. The minimum Gasteiger partial charge on any atom is -0.472 e.